The van der Waals surface area contributed by atoms with Gasteiger partial charge in [-0.2, -0.15) is 0 Å². The molecular weight excluding hydrogens is 482 g/mol. The van der Waals surface area contributed by atoms with Crippen molar-refractivity contribution in [3.63, 3.8) is 0 Å². The number of hydrogen-bond acceptors (Lipinski definition) is 7. The fourth-order valence-electron chi connectivity index (χ4n) is 3.83. The highest BCUT2D eigenvalue weighted by Gasteiger charge is 2.11. The Bertz CT molecular complexity index is 1300. The van der Waals surface area contributed by atoms with Gasteiger partial charge in [0.1, 0.15) is 0 Å². The molecule has 0 aromatic heterocycles. The molecule has 0 radical (unpaired) electrons. The molecule has 3 rings (SSSR count). The molecule has 7 heteroatoms. The minimum absolute atomic E-state index is 0.164. The zero-order valence-electron chi connectivity index (χ0n) is 21.5. The van der Waals surface area contributed by atoms with Gasteiger partial charge in [-0.15, -0.1) is 0 Å². The summed E-state index contributed by atoms with van der Waals surface area (Å²) in [7, 11) is 3.11. The lowest BCUT2D eigenvalue weighted by Gasteiger charge is -2.18. The van der Waals surface area contributed by atoms with Crippen LogP contribution in [0, 0.1) is 0 Å². The van der Waals surface area contributed by atoms with Gasteiger partial charge in [-0.3, -0.25) is 4.79 Å². The van der Waals surface area contributed by atoms with E-state index >= 15 is 0 Å². The molecule has 0 saturated carbocycles. The lowest BCUT2D eigenvalue weighted by molar-refractivity contribution is -0.110. The SMILES string of the molecule is COc1ccc(/C=C/C(=O)/C=C(/C=C/c2ccc(CO)c(CO)c2)N[C@H](CO)c2ccccc2)cc1OC. The van der Waals surface area contributed by atoms with Crippen LogP contribution in [0.3, 0.4) is 0 Å². The van der Waals surface area contributed by atoms with Gasteiger partial charge in [0, 0.05) is 11.8 Å². The Morgan fingerprint density at radius 3 is 2.13 bits per heavy atom. The smallest absolute Gasteiger partial charge is 0.180 e. The minimum atomic E-state index is -0.431. The second-order valence-electron chi connectivity index (χ2n) is 8.42. The maximum atomic E-state index is 12.9. The van der Waals surface area contributed by atoms with Crippen molar-refractivity contribution in [3.05, 3.63) is 118 Å². The number of hydrogen-bond donors (Lipinski definition) is 4. The molecular formula is C31H33NO6. The molecule has 0 unspecified atom stereocenters. The van der Waals surface area contributed by atoms with E-state index in [2.05, 4.69) is 5.32 Å². The summed E-state index contributed by atoms with van der Waals surface area (Å²) in [5, 5.41) is 32.3. The first-order valence-corrected chi connectivity index (χ1v) is 12.1. The van der Waals surface area contributed by atoms with Crippen LogP contribution in [0.1, 0.15) is 33.9 Å². The molecule has 3 aromatic carbocycles. The Morgan fingerprint density at radius 1 is 0.816 bits per heavy atom. The average molecular weight is 516 g/mol. The zero-order chi connectivity index (χ0) is 27.3. The fourth-order valence-corrected chi connectivity index (χ4v) is 3.83. The van der Waals surface area contributed by atoms with Crippen molar-refractivity contribution in [2.24, 2.45) is 0 Å². The number of carbonyl (C=O) groups excluding carboxylic acids is 1. The lowest BCUT2D eigenvalue weighted by Crippen LogP contribution is -2.23. The van der Waals surface area contributed by atoms with Crippen LogP contribution in [0.4, 0.5) is 0 Å². The van der Waals surface area contributed by atoms with E-state index in [0.717, 1.165) is 16.7 Å². The van der Waals surface area contributed by atoms with E-state index in [1.165, 1.54) is 12.2 Å². The number of carbonyl (C=O) groups is 1. The molecule has 0 fully saturated rings. The van der Waals surface area contributed by atoms with Crippen molar-refractivity contribution < 1.29 is 29.6 Å². The first-order chi connectivity index (χ1) is 18.5. The molecule has 0 saturated heterocycles. The largest absolute Gasteiger partial charge is 0.493 e. The predicted octanol–water partition coefficient (Wildman–Crippen LogP) is 4.19. The van der Waals surface area contributed by atoms with Crippen LogP contribution in [0.5, 0.6) is 11.5 Å². The van der Waals surface area contributed by atoms with E-state index in [0.29, 0.717) is 28.3 Å². The van der Waals surface area contributed by atoms with Crippen molar-refractivity contribution in [3.8, 4) is 11.5 Å². The van der Waals surface area contributed by atoms with Gasteiger partial charge in [-0.25, -0.2) is 0 Å². The quantitative estimate of drug-likeness (QED) is 0.200. The van der Waals surface area contributed by atoms with Crippen LogP contribution in [0.2, 0.25) is 0 Å². The van der Waals surface area contributed by atoms with Crippen molar-refractivity contribution in [1.29, 1.82) is 0 Å². The van der Waals surface area contributed by atoms with E-state index < -0.39 is 6.04 Å². The van der Waals surface area contributed by atoms with E-state index in [-0.39, 0.29) is 25.6 Å². The Kier molecular flexibility index (Phi) is 10.9. The summed E-state index contributed by atoms with van der Waals surface area (Å²) in [5.41, 5.74) is 4.20. The number of benzene rings is 3. The molecule has 0 aliphatic heterocycles. The maximum Gasteiger partial charge on any atom is 0.180 e. The second-order valence-corrected chi connectivity index (χ2v) is 8.42. The van der Waals surface area contributed by atoms with Gasteiger partial charge in [-0.1, -0.05) is 60.7 Å². The molecule has 0 heterocycles. The average Bonchev–Trinajstić information content (AvgIpc) is 2.97. The predicted molar refractivity (Wildman–Crippen MR) is 148 cm³/mol. The van der Waals surface area contributed by atoms with Crippen LogP contribution in [-0.4, -0.2) is 41.9 Å². The van der Waals surface area contributed by atoms with Crippen molar-refractivity contribution in [1.82, 2.24) is 5.32 Å². The van der Waals surface area contributed by atoms with Crippen LogP contribution >= 0.6 is 0 Å². The third-order valence-electron chi connectivity index (χ3n) is 5.90. The summed E-state index contributed by atoms with van der Waals surface area (Å²) in [5.74, 6) is 0.897. The van der Waals surface area contributed by atoms with Crippen molar-refractivity contribution >= 4 is 17.9 Å². The Labute approximate surface area is 223 Å². The normalized spacial score (nSPS) is 12.6. The molecule has 0 spiro atoms. The Hall–Kier alpha value is -4.17. The molecule has 7 nitrogen and oxygen atoms in total. The summed E-state index contributed by atoms with van der Waals surface area (Å²) in [6, 6.07) is 19.7. The molecule has 0 aliphatic carbocycles. The minimum Gasteiger partial charge on any atom is -0.493 e. The number of aliphatic hydroxyl groups is 3. The molecule has 1 atom stereocenters. The Balaban J connectivity index is 1.89. The standard InChI is InChI=1S/C31H33NO6/c1-37-30-15-11-23(17-31(30)38-2)10-14-28(36)18-27(32-29(21-35)24-6-4-3-5-7-24)13-9-22-8-12-25(19-33)26(16-22)20-34/h3-18,29,32-35H,19-21H2,1-2H3/b13-9+,14-10+,27-18-/t29-/m1/s1. The first-order valence-electron chi connectivity index (χ1n) is 12.1. The van der Waals surface area contributed by atoms with Gasteiger partial charge < -0.3 is 30.1 Å². The zero-order valence-corrected chi connectivity index (χ0v) is 21.5. The van der Waals surface area contributed by atoms with Gasteiger partial charge >= 0.3 is 0 Å². The summed E-state index contributed by atoms with van der Waals surface area (Å²) in [6.45, 7) is -0.536. The molecule has 4 N–H and O–H groups in total. The van der Waals surface area contributed by atoms with E-state index in [4.69, 9.17) is 9.47 Å². The molecule has 0 amide bonds. The van der Waals surface area contributed by atoms with Crippen molar-refractivity contribution in [2.75, 3.05) is 20.8 Å². The molecule has 3 aromatic rings. The second kappa shape index (κ2) is 14.5. The molecule has 0 bridgehead atoms. The number of allylic oxidation sites excluding steroid dienone is 3. The lowest BCUT2D eigenvalue weighted by atomic mass is 10.0. The Morgan fingerprint density at radius 2 is 1.47 bits per heavy atom. The number of ketones is 1. The monoisotopic (exact) mass is 515 g/mol. The van der Waals surface area contributed by atoms with Gasteiger partial charge in [-0.05, 0) is 58.2 Å². The van der Waals surface area contributed by atoms with Crippen LogP contribution in [-0.2, 0) is 18.0 Å². The number of aliphatic hydroxyl groups excluding tert-OH is 3. The number of ether oxygens (including phenoxy) is 2. The number of methoxy groups -OCH3 is 2. The molecule has 38 heavy (non-hydrogen) atoms. The van der Waals surface area contributed by atoms with Crippen LogP contribution < -0.4 is 14.8 Å². The fraction of sp³-hybridized carbons (Fsp3) is 0.194. The number of rotatable bonds is 13. The summed E-state index contributed by atoms with van der Waals surface area (Å²) >= 11 is 0. The highest BCUT2D eigenvalue weighted by Crippen LogP contribution is 2.28. The van der Waals surface area contributed by atoms with Crippen LogP contribution in [0.25, 0.3) is 12.2 Å². The first kappa shape index (κ1) is 28.4. The maximum absolute atomic E-state index is 12.9. The van der Waals surface area contributed by atoms with Crippen LogP contribution in [0.15, 0.2) is 90.7 Å². The number of nitrogens with one attached hydrogen (secondary N) is 1. The molecule has 198 valence electrons. The third kappa shape index (κ3) is 7.91. The van der Waals surface area contributed by atoms with Gasteiger partial charge in [0.15, 0.2) is 17.3 Å². The van der Waals surface area contributed by atoms with E-state index in [9.17, 15) is 20.1 Å². The highest BCUT2D eigenvalue weighted by molar-refractivity contribution is 6.02. The van der Waals surface area contributed by atoms with E-state index in [1.807, 2.05) is 42.5 Å². The third-order valence-corrected chi connectivity index (χ3v) is 5.90. The highest BCUT2D eigenvalue weighted by atomic mass is 16.5. The van der Waals surface area contributed by atoms with Gasteiger partial charge in [0.05, 0.1) is 40.1 Å². The summed E-state index contributed by atoms with van der Waals surface area (Å²) in [6.07, 6.45) is 8.12. The van der Waals surface area contributed by atoms with E-state index in [1.54, 1.807) is 56.7 Å². The summed E-state index contributed by atoms with van der Waals surface area (Å²) in [4.78, 5) is 12.9. The van der Waals surface area contributed by atoms with Gasteiger partial charge in [0.25, 0.3) is 0 Å². The van der Waals surface area contributed by atoms with Crippen molar-refractivity contribution in [2.45, 2.75) is 19.3 Å². The van der Waals surface area contributed by atoms with Gasteiger partial charge in [0.2, 0.25) is 0 Å². The summed E-state index contributed by atoms with van der Waals surface area (Å²) < 4.78 is 10.6. The molecule has 0 aliphatic rings. The topological polar surface area (TPSA) is 108 Å².